The van der Waals surface area contributed by atoms with Gasteiger partial charge in [0.1, 0.15) is 0 Å². The molecule has 4 nitrogen and oxygen atoms in total. The summed E-state index contributed by atoms with van der Waals surface area (Å²) in [6.07, 6.45) is -3.56. The van der Waals surface area contributed by atoms with Gasteiger partial charge in [-0.05, 0) is 18.2 Å². The predicted molar refractivity (Wildman–Crippen MR) is 61.3 cm³/mol. The zero-order chi connectivity index (χ0) is 14.2. The van der Waals surface area contributed by atoms with Gasteiger partial charge in [-0.25, -0.2) is 0 Å². The lowest BCUT2D eigenvalue weighted by molar-refractivity contribution is -0.141. The number of methoxy groups -OCH3 is 1. The molecule has 0 radical (unpaired) electrons. The summed E-state index contributed by atoms with van der Waals surface area (Å²) in [4.78, 5) is 11.6. The lowest BCUT2D eigenvalue weighted by atomic mass is 10.1. The van der Waals surface area contributed by atoms with E-state index in [0.29, 0.717) is 0 Å². The zero-order valence-electron chi connectivity index (χ0n) is 9.86. The van der Waals surface area contributed by atoms with E-state index in [9.17, 15) is 18.0 Å². The van der Waals surface area contributed by atoms with Gasteiger partial charge in [0, 0.05) is 11.6 Å². The number of aromatic nitrogens is 2. The maximum Gasteiger partial charge on any atom is 0.435 e. The standard InChI is InChI=1S/C12H9F3N2O2/c1-3-9(18)7-4-5-11(19-2)17-8(7)6-10(16-17)12(13,14)15/h3-6H,1H2,2H3. The Hall–Kier alpha value is -2.31. The summed E-state index contributed by atoms with van der Waals surface area (Å²) in [5, 5.41) is 3.41. The van der Waals surface area contributed by atoms with Crippen LogP contribution in [0.15, 0.2) is 30.9 Å². The van der Waals surface area contributed by atoms with E-state index in [1.165, 1.54) is 19.2 Å². The van der Waals surface area contributed by atoms with E-state index in [2.05, 4.69) is 11.7 Å². The number of carbonyl (C=O) groups excluding carboxylic acids is 1. The summed E-state index contributed by atoms with van der Waals surface area (Å²) in [5.74, 6) is -0.382. The Morgan fingerprint density at radius 3 is 2.68 bits per heavy atom. The number of fused-ring (bicyclic) bond motifs is 1. The molecule has 0 aliphatic heterocycles. The van der Waals surface area contributed by atoms with Crippen molar-refractivity contribution in [3.05, 3.63) is 42.1 Å². The molecule has 0 atom stereocenters. The average Bonchev–Trinajstić information content (AvgIpc) is 2.81. The molecule has 0 aromatic carbocycles. The molecule has 0 spiro atoms. The molecule has 2 rings (SSSR count). The van der Waals surface area contributed by atoms with Gasteiger partial charge in [-0.15, -0.1) is 0 Å². The van der Waals surface area contributed by atoms with Crippen LogP contribution in [0.3, 0.4) is 0 Å². The second-order valence-electron chi connectivity index (χ2n) is 3.68. The molecule has 0 aliphatic rings. The fourth-order valence-electron chi connectivity index (χ4n) is 1.66. The van der Waals surface area contributed by atoms with Gasteiger partial charge in [0.2, 0.25) is 5.88 Å². The van der Waals surface area contributed by atoms with E-state index in [1.807, 2.05) is 0 Å². The minimum absolute atomic E-state index is 0.0246. The Balaban J connectivity index is 2.78. The Bertz CT molecular complexity index is 659. The van der Waals surface area contributed by atoms with Crippen LogP contribution in [-0.2, 0) is 6.18 Å². The molecule has 2 aromatic heterocycles. The van der Waals surface area contributed by atoms with Crippen molar-refractivity contribution in [3.63, 3.8) is 0 Å². The molecule has 0 N–H and O–H groups in total. The second-order valence-corrected chi connectivity index (χ2v) is 3.68. The van der Waals surface area contributed by atoms with Crippen molar-refractivity contribution in [1.82, 2.24) is 9.61 Å². The fraction of sp³-hybridized carbons (Fsp3) is 0.167. The van der Waals surface area contributed by atoms with Crippen LogP contribution in [-0.4, -0.2) is 22.5 Å². The summed E-state index contributed by atoms with van der Waals surface area (Å²) < 4.78 is 43.8. The van der Waals surface area contributed by atoms with Crippen molar-refractivity contribution in [2.75, 3.05) is 7.11 Å². The topological polar surface area (TPSA) is 43.6 Å². The van der Waals surface area contributed by atoms with Crippen LogP contribution in [0.2, 0.25) is 0 Å². The maximum atomic E-state index is 12.7. The van der Waals surface area contributed by atoms with E-state index in [1.54, 1.807) is 0 Å². The summed E-state index contributed by atoms with van der Waals surface area (Å²) in [5.41, 5.74) is -0.981. The third-order valence-corrected chi connectivity index (χ3v) is 2.54. The summed E-state index contributed by atoms with van der Waals surface area (Å²) in [6, 6.07) is 3.55. The van der Waals surface area contributed by atoms with Crippen molar-refractivity contribution in [3.8, 4) is 5.88 Å². The van der Waals surface area contributed by atoms with Gasteiger partial charge < -0.3 is 4.74 Å². The number of pyridine rings is 1. The number of ether oxygens (including phenoxy) is 1. The van der Waals surface area contributed by atoms with E-state index < -0.39 is 17.7 Å². The third-order valence-electron chi connectivity index (χ3n) is 2.54. The van der Waals surface area contributed by atoms with E-state index in [-0.39, 0.29) is 17.0 Å². The molecule has 0 unspecified atom stereocenters. The normalized spacial score (nSPS) is 11.6. The number of hydrogen-bond donors (Lipinski definition) is 0. The molecular formula is C12H9F3N2O2. The molecule has 7 heteroatoms. The first kappa shape index (κ1) is 13.1. The predicted octanol–water partition coefficient (Wildman–Crippen LogP) is 2.73. The first-order valence-electron chi connectivity index (χ1n) is 5.19. The number of carbonyl (C=O) groups is 1. The van der Waals surface area contributed by atoms with Crippen molar-refractivity contribution in [1.29, 1.82) is 0 Å². The molecule has 2 aromatic rings. The number of nitrogens with zero attached hydrogens (tertiary/aromatic N) is 2. The molecule has 0 fully saturated rings. The fourth-order valence-corrected chi connectivity index (χ4v) is 1.66. The first-order valence-corrected chi connectivity index (χ1v) is 5.19. The number of alkyl halides is 3. The molecule has 0 aliphatic carbocycles. The Labute approximate surface area is 106 Å². The highest BCUT2D eigenvalue weighted by Crippen LogP contribution is 2.31. The average molecular weight is 270 g/mol. The van der Waals surface area contributed by atoms with Crippen LogP contribution in [0.5, 0.6) is 5.88 Å². The van der Waals surface area contributed by atoms with Crippen LogP contribution in [0.4, 0.5) is 13.2 Å². The van der Waals surface area contributed by atoms with Gasteiger partial charge in [0.25, 0.3) is 0 Å². The van der Waals surface area contributed by atoms with Crippen molar-refractivity contribution in [2.24, 2.45) is 0 Å². The molecule has 2 heterocycles. The van der Waals surface area contributed by atoms with E-state index in [0.717, 1.165) is 16.7 Å². The number of hydrogen-bond acceptors (Lipinski definition) is 3. The van der Waals surface area contributed by atoms with Gasteiger partial charge in [0.15, 0.2) is 11.5 Å². The lowest BCUT2D eigenvalue weighted by Crippen LogP contribution is -2.06. The molecule has 0 saturated carbocycles. The summed E-state index contributed by atoms with van der Waals surface area (Å²) in [7, 11) is 1.30. The zero-order valence-corrected chi connectivity index (χ0v) is 9.86. The van der Waals surface area contributed by atoms with Crippen LogP contribution in [0.1, 0.15) is 16.1 Å². The van der Waals surface area contributed by atoms with Gasteiger partial charge in [0.05, 0.1) is 12.6 Å². The number of halogens is 3. The number of ketones is 1. The minimum atomic E-state index is -4.59. The van der Waals surface area contributed by atoms with Gasteiger partial charge in [-0.3, -0.25) is 4.79 Å². The molecule has 0 saturated heterocycles. The van der Waals surface area contributed by atoms with Crippen molar-refractivity contribution < 1.29 is 22.7 Å². The SMILES string of the molecule is C=CC(=O)c1ccc(OC)n2nc(C(F)(F)F)cc12. The highest BCUT2D eigenvalue weighted by atomic mass is 19.4. The summed E-state index contributed by atoms with van der Waals surface area (Å²) >= 11 is 0. The van der Waals surface area contributed by atoms with Gasteiger partial charge in [-0.1, -0.05) is 6.58 Å². The molecular weight excluding hydrogens is 261 g/mol. The Morgan fingerprint density at radius 2 is 2.16 bits per heavy atom. The maximum absolute atomic E-state index is 12.7. The molecule has 19 heavy (non-hydrogen) atoms. The molecule has 100 valence electrons. The van der Waals surface area contributed by atoms with Gasteiger partial charge in [-0.2, -0.15) is 22.8 Å². The van der Waals surface area contributed by atoms with Crippen LogP contribution < -0.4 is 4.74 Å². The van der Waals surface area contributed by atoms with E-state index in [4.69, 9.17) is 4.74 Å². The van der Waals surface area contributed by atoms with Crippen LogP contribution in [0.25, 0.3) is 5.52 Å². The monoisotopic (exact) mass is 270 g/mol. The van der Waals surface area contributed by atoms with Crippen LogP contribution >= 0.6 is 0 Å². The van der Waals surface area contributed by atoms with E-state index >= 15 is 0 Å². The third kappa shape index (κ3) is 2.18. The number of allylic oxidation sites excluding steroid dienone is 1. The Kier molecular flexibility index (Phi) is 3.05. The second kappa shape index (κ2) is 4.42. The lowest BCUT2D eigenvalue weighted by Gasteiger charge is -2.05. The highest BCUT2D eigenvalue weighted by molar-refractivity contribution is 6.09. The highest BCUT2D eigenvalue weighted by Gasteiger charge is 2.35. The van der Waals surface area contributed by atoms with Crippen molar-refractivity contribution >= 4 is 11.3 Å². The number of rotatable bonds is 3. The van der Waals surface area contributed by atoms with Crippen LogP contribution in [0, 0.1) is 0 Å². The molecule has 0 bridgehead atoms. The largest absolute Gasteiger partial charge is 0.481 e. The van der Waals surface area contributed by atoms with Crippen molar-refractivity contribution in [2.45, 2.75) is 6.18 Å². The first-order chi connectivity index (χ1) is 8.88. The van der Waals surface area contributed by atoms with Gasteiger partial charge >= 0.3 is 6.18 Å². The summed E-state index contributed by atoms with van der Waals surface area (Å²) in [6.45, 7) is 3.31. The minimum Gasteiger partial charge on any atom is -0.481 e. The smallest absolute Gasteiger partial charge is 0.435 e. The Morgan fingerprint density at radius 1 is 1.47 bits per heavy atom. The quantitative estimate of drug-likeness (QED) is 0.636. The molecule has 0 amide bonds.